The van der Waals surface area contributed by atoms with Crippen molar-refractivity contribution < 1.29 is 5.11 Å². The second-order valence-electron chi connectivity index (χ2n) is 7.92. The van der Waals surface area contributed by atoms with Gasteiger partial charge < -0.3 is 10.0 Å². The highest BCUT2D eigenvalue weighted by atomic mass is 16.3. The summed E-state index contributed by atoms with van der Waals surface area (Å²) in [6.45, 7) is 2.99. The molecular weight excluding hydrogens is 318 g/mol. The van der Waals surface area contributed by atoms with Crippen LogP contribution in [-0.2, 0) is 5.60 Å². The number of rotatable bonds is 4. The summed E-state index contributed by atoms with van der Waals surface area (Å²) in [5.74, 6) is 0.191. The van der Waals surface area contributed by atoms with Crippen molar-refractivity contribution in [2.24, 2.45) is 5.92 Å². The van der Waals surface area contributed by atoms with Crippen LogP contribution in [-0.4, -0.2) is 30.6 Å². The van der Waals surface area contributed by atoms with E-state index in [9.17, 15) is 5.11 Å². The lowest BCUT2D eigenvalue weighted by Crippen LogP contribution is -2.41. The third-order valence-electron chi connectivity index (χ3n) is 5.51. The summed E-state index contributed by atoms with van der Waals surface area (Å²) < 4.78 is 0. The van der Waals surface area contributed by atoms with E-state index < -0.39 is 5.60 Å². The Balaban J connectivity index is 2.14. The summed E-state index contributed by atoms with van der Waals surface area (Å²) in [4.78, 5) is 2.21. The number of benzene rings is 2. The molecule has 1 aliphatic carbocycles. The van der Waals surface area contributed by atoms with Crippen LogP contribution in [0.1, 0.15) is 42.4 Å². The maximum absolute atomic E-state index is 12.2. The molecule has 0 amide bonds. The quantitative estimate of drug-likeness (QED) is 0.784. The molecule has 2 aromatic rings. The molecule has 2 atom stereocenters. The molecule has 2 nitrogen and oxygen atoms in total. The molecule has 2 unspecified atom stereocenters. The summed E-state index contributed by atoms with van der Waals surface area (Å²) in [5, 5.41) is 12.2. The molecule has 0 saturated heterocycles. The van der Waals surface area contributed by atoms with Crippen molar-refractivity contribution in [2.75, 3.05) is 20.6 Å². The highest BCUT2D eigenvalue weighted by Crippen LogP contribution is 2.45. The summed E-state index contributed by atoms with van der Waals surface area (Å²) in [7, 11) is 4.20. The molecule has 3 rings (SSSR count). The first-order valence-corrected chi connectivity index (χ1v) is 9.70. The minimum absolute atomic E-state index is 0.191. The van der Waals surface area contributed by atoms with E-state index in [0.717, 1.165) is 36.9 Å². The summed E-state index contributed by atoms with van der Waals surface area (Å²) in [6.07, 6.45) is 6.52. The van der Waals surface area contributed by atoms with Crippen LogP contribution in [0.4, 0.5) is 0 Å². The monoisotopic (exact) mass is 349 g/mol. The second kappa shape index (κ2) is 8.20. The fourth-order valence-corrected chi connectivity index (χ4v) is 4.27. The molecular formula is C24H31NO. The minimum atomic E-state index is -0.914. The van der Waals surface area contributed by atoms with Gasteiger partial charge in [-0.05, 0) is 57.0 Å². The van der Waals surface area contributed by atoms with Crippen molar-refractivity contribution >= 4 is 6.08 Å². The van der Waals surface area contributed by atoms with E-state index >= 15 is 0 Å². The van der Waals surface area contributed by atoms with Crippen molar-refractivity contribution in [3.8, 4) is 0 Å². The Hall–Kier alpha value is -1.90. The van der Waals surface area contributed by atoms with Gasteiger partial charge in [-0.15, -0.1) is 0 Å². The van der Waals surface area contributed by atoms with Crippen LogP contribution in [0.3, 0.4) is 0 Å². The predicted molar refractivity (Wildman–Crippen MR) is 110 cm³/mol. The molecule has 1 N–H and O–H groups in total. The van der Waals surface area contributed by atoms with Gasteiger partial charge in [-0.25, -0.2) is 0 Å². The normalized spacial score (nSPS) is 25.4. The average Bonchev–Trinajstić information content (AvgIpc) is 2.77. The largest absolute Gasteiger partial charge is 0.380 e. The molecule has 0 aromatic heterocycles. The summed E-state index contributed by atoms with van der Waals surface area (Å²) in [6, 6.07) is 18.8. The number of nitrogens with zero attached hydrogens (tertiary/aromatic N) is 1. The zero-order chi connectivity index (χ0) is 18.6. The van der Waals surface area contributed by atoms with E-state index in [-0.39, 0.29) is 5.92 Å². The van der Waals surface area contributed by atoms with Gasteiger partial charge in [0.1, 0.15) is 5.60 Å². The Morgan fingerprint density at radius 3 is 2.54 bits per heavy atom. The Labute approximate surface area is 158 Å². The van der Waals surface area contributed by atoms with Crippen LogP contribution in [0.2, 0.25) is 0 Å². The number of aryl methyl sites for hydroxylation is 1. The van der Waals surface area contributed by atoms with Gasteiger partial charge in [0, 0.05) is 12.5 Å². The molecule has 0 spiro atoms. The first kappa shape index (κ1) is 18.9. The van der Waals surface area contributed by atoms with E-state index in [1.165, 1.54) is 17.5 Å². The van der Waals surface area contributed by atoms with Gasteiger partial charge in [0.2, 0.25) is 0 Å². The number of hydrogen-bond acceptors (Lipinski definition) is 2. The SMILES string of the molecule is Cc1cccc(C2(O)C(=Cc3ccccc3)CCCCC2CN(C)C)c1. The van der Waals surface area contributed by atoms with E-state index in [1.807, 2.05) is 6.07 Å². The lowest BCUT2D eigenvalue weighted by atomic mass is 9.73. The van der Waals surface area contributed by atoms with Crippen LogP contribution in [0.5, 0.6) is 0 Å². The van der Waals surface area contributed by atoms with E-state index in [4.69, 9.17) is 0 Å². The molecule has 0 bridgehead atoms. The molecule has 0 radical (unpaired) electrons. The highest BCUT2D eigenvalue weighted by Gasteiger charge is 2.42. The maximum atomic E-state index is 12.2. The van der Waals surface area contributed by atoms with Crippen molar-refractivity contribution in [2.45, 2.75) is 38.2 Å². The predicted octanol–water partition coefficient (Wildman–Crippen LogP) is 5.02. The van der Waals surface area contributed by atoms with Crippen molar-refractivity contribution in [3.05, 3.63) is 76.9 Å². The lowest BCUT2D eigenvalue weighted by molar-refractivity contribution is 0.000444. The number of aliphatic hydroxyl groups is 1. The average molecular weight is 350 g/mol. The standard InChI is InChI=1S/C24H31NO/c1-19-10-9-15-21(16-19)24(26)22(17-20-11-5-4-6-12-20)13-7-8-14-23(24)18-25(2)3/h4-6,9-12,15-17,23,26H,7-8,13-14,18H2,1-3H3. The fourth-order valence-electron chi connectivity index (χ4n) is 4.27. The molecule has 2 heteroatoms. The molecule has 138 valence electrons. The van der Waals surface area contributed by atoms with Crippen molar-refractivity contribution in [1.29, 1.82) is 0 Å². The second-order valence-corrected chi connectivity index (χ2v) is 7.92. The third kappa shape index (κ3) is 4.08. The van der Waals surface area contributed by atoms with Crippen molar-refractivity contribution in [1.82, 2.24) is 4.90 Å². The topological polar surface area (TPSA) is 23.5 Å². The summed E-state index contributed by atoms with van der Waals surface area (Å²) in [5.41, 5.74) is 3.64. The van der Waals surface area contributed by atoms with Crippen LogP contribution in [0.25, 0.3) is 6.08 Å². The first-order valence-electron chi connectivity index (χ1n) is 9.70. The third-order valence-corrected chi connectivity index (χ3v) is 5.51. The Morgan fingerprint density at radius 1 is 1.08 bits per heavy atom. The fraction of sp³-hybridized carbons (Fsp3) is 0.417. The molecule has 26 heavy (non-hydrogen) atoms. The van der Waals surface area contributed by atoms with E-state index in [0.29, 0.717) is 0 Å². The van der Waals surface area contributed by atoms with Crippen LogP contribution >= 0.6 is 0 Å². The molecule has 2 aromatic carbocycles. The highest BCUT2D eigenvalue weighted by molar-refractivity contribution is 5.57. The minimum Gasteiger partial charge on any atom is -0.380 e. The molecule has 1 saturated carbocycles. The van der Waals surface area contributed by atoms with Crippen LogP contribution < -0.4 is 0 Å². The van der Waals surface area contributed by atoms with Gasteiger partial charge in [0.15, 0.2) is 0 Å². The molecule has 0 aliphatic heterocycles. The van der Waals surface area contributed by atoms with Gasteiger partial charge in [-0.2, -0.15) is 0 Å². The Morgan fingerprint density at radius 2 is 1.85 bits per heavy atom. The van der Waals surface area contributed by atoms with Gasteiger partial charge in [-0.3, -0.25) is 0 Å². The zero-order valence-corrected chi connectivity index (χ0v) is 16.3. The van der Waals surface area contributed by atoms with Gasteiger partial charge in [0.25, 0.3) is 0 Å². The molecule has 0 heterocycles. The number of hydrogen-bond donors (Lipinski definition) is 1. The lowest BCUT2D eigenvalue weighted by Gasteiger charge is -2.39. The van der Waals surface area contributed by atoms with Gasteiger partial charge >= 0.3 is 0 Å². The Bertz CT molecular complexity index is 750. The van der Waals surface area contributed by atoms with Crippen molar-refractivity contribution in [3.63, 3.8) is 0 Å². The zero-order valence-electron chi connectivity index (χ0n) is 16.3. The van der Waals surface area contributed by atoms with Gasteiger partial charge in [-0.1, -0.05) is 72.7 Å². The smallest absolute Gasteiger partial charge is 0.115 e. The molecule has 1 fully saturated rings. The van der Waals surface area contributed by atoms with Crippen LogP contribution in [0, 0.1) is 12.8 Å². The maximum Gasteiger partial charge on any atom is 0.115 e. The summed E-state index contributed by atoms with van der Waals surface area (Å²) >= 11 is 0. The van der Waals surface area contributed by atoms with Gasteiger partial charge in [0.05, 0.1) is 0 Å². The van der Waals surface area contributed by atoms with E-state index in [2.05, 4.69) is 80.5 Å². The first-order chi connectivity index (χ1) is 12.5. The molecule has 1 aliphatic rings. The van der Waals surface area contributed by atoms with Crippen LogP contribution in [0.15, 0.2) is 60.2 Å². The Kier molecular flexibility index (Phi) is 5.95. The van der Waals surface area contributed by atoms with E-state index in [1.54, 1.807) is 0 Å².